The number of rotatable bonds is 8. The normalized spacial score (nSPS) is 12.0. The first-order valence-electron chi connectivity index (χ1n) is 7.66. The Balaban J connectivity index is 2.68. The van der Waals surface area contributed by atoms with Gasteiger partial charge in [0.25, 0.3) is 5.91 Å². The van der Waals surface area contributed by atoms with Gasteiger partial charge in [0.15, 0.2) is 0 Å². The van der Waals surface area contributed by atoms with E-state index >= 15 is 0 Å². The van der Waals surface area contributed by atoms with Gasteiger partial charge in [-0.3, -0.25) is 9.59 Å². The van der Waals surface area contributed by atoms with E-state index in [1.165, 1.54) is 5.56 Å². The second kappa shape index (κ2) is 9.20. The molecule has 0 fully saturated rings. The number of methoxy groups -OCH3 is 1. The van der Waals surface area contributed by atoms with Crippen LogP contribution in [-0.4, -0.2) is 38.1 Å². The van der Waals surface area contributed by atoms with E-state index in [9.17, 15) is 9.59 Å². The van der Waals surface area contributed by atoms with Crippen molar-refractivity contribution in [1.29, 1.82) is 0 Å². The Morgan fingerprint density at radius 3 is 2.32 bits per heavy atom. The van der Waals surface area contributed by atoms with E-state index in [0.29, 0.717) is 18.7 Å². The van der Waals surface area contributed by atoms with Crippen LogP contribution in [0.15, 0.2) is 24.3 Å². The van der Waals surface area contributed by atoms with Gasteiger partial charge in [-0.1, -0.05) is 32.9 Å². The lowest BCUT2D eigenvalue weighted by Crippen LogP contribution is -2.50. The molecule has 5 nitrogen and oxygen atoms in total. The summed E-state index contributed by atoms with van der Waals surface area (Å²) in [6.07, 6.45) is 0.929. The zero-order valence-electron chi connectivity index (χ0n) is 13.8. The van der Waals surface area contributed by atoms with Crippen molar-refractivity contribution in [3.8, 4) is 0 Å². The minimum Gasteiger partial charge on any atom is -0.383 e. The van der Waals surface area contributed by atoms with Crippen LogP contribution in [0.1, 0.15) is 36.7 Å². The second-order valence-electron chi connectivity index (χ2n) is 5.53. The van der Waals surface area contributed by atoms with Crippen LogP contribution < -0.4 is 10.6 Å². The Kier molecular flexibility index (Phi) is 7.60. The fourth-order valence-electron chi connectivity index (χ4n) is 2.04. The summed E-state index contributed by atoms with van der Waals surface area (Å²) in [6.45, 7) is 6.75. The molecule has 1 atom stereocenters. The minimum atomic E-state index is -0.560. The smallest absolute Gasteiger partial charge is 0.251 e. The van der Waals surface area contributed by atoms with Crippen LogP contribution in [0.2, 0.25) is 0 Å². The van der Waals surface area contributed by atoms with Crippen molar-refractivity contribution in [3.63, 3.8) is 0 Å². The highest BCUT2D eigenvalue weighted by atomic mass is 16.5. The van der Waals surface area contributed by atoms with Crippen molar-refractivity contribution >= 4 is 11.8 Å². The van der Waals surface area contributed by atoms with E-state index in [1.807, 2.05) is 26.0 Å². The van der Waals surface area contributed by atoms with E-state index in [0.717, 1.165) is 6.42 Å². The summed E-state index contributed by atoms with van der Waals surface area (Å²) < 4.78 is 4.90. The Labute approximate surface area is 132 Å². The number of aryl methyl sites for hydroxylation is 1. The van der Waals surface area contributed by atoms with Gasteiger partial charge in [0, 0.05) is 19.2 Å². The summed E-state index contributed by atoms with van der Waals surface area (Å²) in [5.74, 6) is -0.421. The standard InChI is InChI=1S/C17H26N2O3/c1-5-13-6-8-14(9-7-13)16(20)19-15(12(2)3)17(21)18-10-11-22-4/h6-9,12,15H,5,10-11H2,1-4H3,(H,18,21)(H,19,20)/t15-/m1/s1. The zero-order valence-corrected chi connectivity index (χ0v) is 13.8. The quantitative estimate of drug-likeness (QED) is 0.719. The third kappa shape index (κ3) is 5.48. The largest absolute Gasteiger partial charge is 0.383 e. The van der Waals surface area contributed by atoms with Gasteiger partial charge in [0.05, 0.1) is 6.61 Å². The molecule has 1 rings (SSSR count). The SMILES string of the molecule is CCc1ccc(C(=O)N[C@@H](C(=O)NCCOC)C(C)C)cc1. The number of hydrogen-bond acceptors (Lipinski definition) is 3. The number of carbonyl (C=O) groups excluding carboxylic acids is 2. The van der Waals surface area contributed by atoms with Gasteiger partial charge in [-0.2, -0.15) is 0 Å². The molecule has 0 bridgehead atoms. The first-order valence-corrected chi connectivity index (χ1v) is 7.66. The topological polar surface area (TPSA) is 67.4 Å². The van der Waals surface area contributed by atoms with Gasteiger partial charge in [0.1, 0.15) is 6.04 Å². The summed E-state index contributed by atoms with van der Waals surface area (Å²) in [7, 11) is 1.58. The van der Waals surface area contributed by atoms with E-state index in [1.54, 1.807) is 19.2 Å². The average Bonchev–Trinajstić information content (AvgIpc) is 2.52. The highest BCUT2D eigenvalue weighted by Crippen LogP contribution is 2.08. The van der Waals surface area contributed by atoms with Crippen molar-refractivity contribution in [3.05, 3.63) is 35.4 Å². The van der Waals surface area contributed by atoms with Gasteiger partial charge < -0.3 is 15.4 Å². The number of hydrogen-bond donors (Lipinski definition) is 2. The fourth-order valence-corrected chi connectivity index (χ4v) is 2.04. The lowest BCUT2D eigenvalue weighted by molar-refractivity contribution is -0.124. The Morgan fingerprint density at radius 1 is 1.18 bits per heavy atom. The van der Waals surface area contributed by atoms with Crippen LogP contribution in [0.3, 0.4) is 0 Å². The van der Waals surface area contributed by atoms with Crippen LogP contribution in [0.25, 0.3) is 0 Å². The van der Waals surface area contributed by atoms with Crippen LogP contribution >= 0.6 is 0 Å². The Morgan fingerprint density at radius 2 is 1.82 bits per heavy atom. The summed E-state index contributed by atoms with van der Waals surface area (Å²) in [6, 6.07) is 6.87. The highest BCUT2D eigenvalue weighted by molar-refractivity contribution is 5.97. The zero-order chi connectivity index (χ0) is 16.5. The summed E-state index contributed by atoms with van der Waals surface area (Å²) in [5.41, 5.74) is 1.74. The van der Waals surface area contributed by atoms with Crippen molar-refractivity contribution in [1.82, 2.24) is 10.6 Å². The number of amides is 2. The number of carbonyl (C=O) groups is 2. The van der Waals surface area contributed by atoms with Crippen molar-refractivity contribution in [2.45, 2.75) is 33.2 Å². The molecule has 1 aromatic rings. The Hall–Kier alpha value is -1.88. The molecule has 1 aromatic carbocycles. The minimum absolute atomic E-state index is 0.00131. The molecule has 0 spiro atoms. The third-order valence-electron chi connectivity index (χ3n) is 3.47. The molecular formula is C17H26N2O3. The van der Waals surface area contributed by atoms with Gasteiger partial charge in [-0.05, 0) is 30.0 Å². The molecule has 0 heterocycles. The van der Waals surface area contributed by atoms with E-state index < -0.39 is 6.04 Å². The average molecular weight is 306 g/mol. The number of nitrogens with one attached hydrogen (secondary N) is 2. The van der Waals surface area contributed by atoms with Gasteiger partial charge >= 0.3 is 0 Å². The molecule has 0 aromatic heterocycles. The first kappa shape index (κ1) is 18.2. The highest BCUT2D eigenvalue weighted by Gasteiger charge is 2.24. The van der Waals surface area contributed by atoms with Crippen LogP contribution in [0.5, 0.6) is 0 Å². The molecule has 0 saturated carbocycles. The molecule has 0 saturated heterocycles. The van der Waals surface area contributed by atoms with E-state index in [-0.39, 0.29) is 17.7 Å². The molecule has 2 N–H and O–H groups in total. The van der Waals surface area contributed by atoms with Gasteiger partial charge in [-0.25, -0.2) is 0 Å². The van der Waals surface area contributed by atoms with Gasteiger partial charge in [0.2, 0.25) is 5.91 Å². The predicted octanol–water partition coefficient (Wildman–Crippen LogP) is 1.77. The molecule has 122 valence electrons. The fraction of sp³-hybridized carbons (Fsp3) is 0.529. The van der Waals surface area contributed by atoms with Crippen LogP contribution in [0, 0.1) is 5.92 Å². The van der Waals surface area contributed by atoms with Crippen LogP contribution in [-0.2, 0) is 16.0 Å². The van der Waals surface area contributed by atoms with E-state index in [4.69, 9.17) is 4.74 Å². The lowest BCUT2D eigenvalue weighted by atomic mass is 10.0. The van der Waals surface area contributed by atoms with Crippen molar-refractivity contribution < 1.29 is 14.3 Å². The molecule has 0 aliphatic heterocycles. The van der Waals surface area contributed by atoms with Gasteiger partial charge in [-0.15, -0.1) is 0 Å². The third-order valence-corrected chi connectivity index (χ3v) is 3.47. The summed E-state index contributed by atoms with van der Waals surface area (Å²) in [5, 5.41) is 5.57. The molecule has 0 aliphatic carbocycles. The first-order chi connectivity index (χ1) is 10.5. The summed E-state index contributed by atoms with van der Waals surface area (Å²) in [4.78, 5) is 24.4. The predicted molar refractivity (Wildman–Crippen MR) is 86.8 cm³/mol. The monoisotopic (exact) mass is 306 g/mol. The molecule has 0 unspecified atom stereocenters. The lowest BCUT2D eigenvalue weighted by Gasteiger charge is -2.21. The summed E-state index contributed by atoms with van der Waals surface area (Å²) >= 11 is 0. The molecule has 2 amide bonds. The molecule has 0 aliphatic rings. The Bertz CT molecular complexity index is 483. The second-order valence-corrected chi connectivity index (χ2v) is 5.53. The maximum absolute atomic E-state index is 12.3. The molecule has 22 heavy (non-hydrogen) atoms. The number of benzene rings is 1. The molecule has 0 radical (unpaired) electrons. The van der Waals surface area contributed by atoms with Crippen molar-refractivity contribution in [2.24, 2.45) is 5.92 Å². The maximum Gasteiger partial charge on any atom is 0.251 e. The number of ether oxygens (including phenoxy) is 1. The molecular weight excluding hydrogens is 280 g/mol. The van der Waals surface area contributed by atoms with Crippen LogP contribution in [0.4, 0.5) is 0 Å². The molecule has 5 heteroatoms. The van der Waals surface area contributed by atoms with E-state index in [2.05, 4.69) is 17.6 Å². The maximum atomic E-state index is 12.3. The van der Waals surface area contributed by atoms with Crippen molar-refractivity contribution in [2.75, 3.05) is 20.3 Å².